The number of benzene rings is 1. The van der Waals surface area contributed by atoms with Gasteiger partial charge in [0.15, 0.2) is 0 Å². The van der Waals surface area contributed by atoms with E-state index in [9.17, 15) is 18.4 Å². The van der Waals surface area contributed by atoms with Crippen LogP contribution in [0.3, 0.4) is 0 Å². The second kappa shape index (κ2) is 7.23. The van der Waals surface area contributed by atoms with Crippen LogP contribution in [0.1, 0.15) is 46.9 Å². The average Bonchev–Trinajstić information content (AvgIpc) is 3.44. The number of halogens is 2. The number of alkyl halides is 2. The summed E-state index contributed by atoms with van der Waals surface area (Å²) >= 11 is 0. The maximum Gasteiger partial charge on any atom is 0.270 e. The molecular weight excluding hydrogens is 342 g/mol. The van der Waals surface area contributed by atoms with Gasteiger partial charge in [0.05, 0.1) is 6.04 Å². The molecule has 2 N–H and O–H groups in total. The summed E-state index contributed by atoms with van der Waals surface area (Å²) in [5.74, 6) is 0.0765. The molecule has 1 fully saturated rings. The molecule has 0 bridgehead atoms. The number of nitrogens with one attached hydrogen (secondary N) is 2. The van der Waals surface area contributed by atoms with Gasteiger partial charge >= 0.3 is 0 Å². The smallest absolute Gasteiger partial charge is 0.270 e. The third kappa shape index (κ3) is 4.07. The fourth-order valence-corrected chi connectivity index (χ4v) is 2.74. The van der Waals surface area contributed by atoms with E-state index < -0.39 is 17.9 Å². The molecule has 1 amide bonds. The summed E-state index contributed by atoms with van der Waals surface area (Å²) in [6.45, 7) is 0. The topological polar surface area (TPSA) is 78.1 Å². The maximum atomic E-state index is 12.7. The first kappa shape index (κ1) is 18.0. The molecule has 0 spiro atoms. The lowest BCUT2D eigenvalue weighted by Gasteiger charge is -2.19. The Morgan fingerprint density at radius 3 is 2.38 bits per heavy atom. The van der Waals surface area contributed by atoms with Crippen molar-refractivity contribution < 1.29 is 13.6 Å². The van der Waals surface area contributed by atoms with Gasteiger partial charge in [-0.2, -0.15) is 0 Å². The number of hydrogen-bond donors (Lipinski definition) is 2. The Morgan fingerprint density at radius 2 is 1.85 bits per heavy atom. The third-order valence-electron chi connectivity index (χ3n) is 4.31. The first-order valence-corrected chi connectivity index (χ1v) is 8.32. The van der Waals surface area contributed by atoms with Gasteiger partial charge in [0.2, 0.25) is 5.95 Å². The lowest BCUT2D eigenvalue weighted by molar-refractivity contribution is 0.0926. The third-order valence-corrected chi connectivity index (χ3v) is 4.31. The molecule has 1 atom stereocenters. The van der Waals surface area contributed by atoms with Crippen LogP contribution in [-0.4, -0.2) is 30.0 Å². The summed E-state index contributed by atoms with van der Waals surface area (Å²) in [6, 6.07) is 6.82. The fourth-order valence-electron chi connectivity index (χ4n) is 2.74. The van der Waals surface area contributed by atoms with Gasteiger partial charge in [0.1, 0.15) is 5.69 Å². The summed E-state index contributed by atoms with van der Waals surface area (Å²) in [6.07, 6.45) is -0.622. The highest BCUT2D eigenvalue weighted by molar-refractivity contribution is 5.92. The Balaban J connectivity index is 1.82. The highest BCUT2D eigenvalue weighted by atomic mass is 19.3. The van der Waals surface area contributed by atoms with E-state index in [-0.39, 0.29) is 29.2 Å². The Hall–Kier alpha value is -2.77. The van der Waals surface area contributed by atoms with Gasteiger partial charge in [-0.15, -0.1) is 0 Å². The van der Waals surface area contributed by atoms with Crippen LogP contribution >= 0.6 is 0 Å². The average molecular weight is 362 g/mol. The Morgan fingerprint density at radius 1 is 1.23 bits per heavy atom. The van der Waals surface area contributed by atoms with Gasteiger partial charge in [-0.05, 0) is 24.3 Å². The minimum atomic E-state index is -2.53. The molecule has 1 heterocycles. The number of aromatic amines is 1. The zero-order valence-electron chi connectivity index (χ0n) is 14.5. The van der Waals surface area contributed by atoms with Crippen molar-refractivity contribution >= 4 is 11.9 Å². The van der Waals surface area contributed by atoms with Gasteiger partial charge in [-0.25, -0.2) is 13.8 Å². The highest BCUT2D eigenvalue weighted by Crippen LogP contribution is 2.41. The molecule has 0 radical (unpaired) electrons. The molecule has 26 heavy (non-hydrogen) atoms. The summed E-state index contributed by atoms with van der Waals surface area (Å²) in [4.78, 5) is 32.6. The van der Waals surface area contributed by atoms with Crippen molar-refractivity contribution in [3.8, 4) is 0 Å². The number of hydrogen-bond acceptors (Lipinski definition) is 4. The van der Waals surface area contributed by atoms with E-state index in [2.05, 4.69) is 15.3 Å². The quantitative estimate of drug-likeness (QED) is 0.828. The van der Waals surface area contributed by atoms with Crippen LogP contribution in [0.15, 0.2) is 35.1 Å². The largest absolute Gasteiger partial charge is 0.348 e. The maximum absolute atomic E-state index is 12.7. The van der Waals surface area contributed by atoms with Crippen LogP contribution in [0.5, 0.6) is 0 Å². The predicted octanol–water partition coefficient (Wildman–Crippen LogP) is 2.65. The van der Waals surface area contributed by atoms with Crippen LogP contribution in [0.2, 0.25) is 0 Å². The van der Waals surface area contributed by atoms with Crippen LogP contribution in [-0.2, 0) is 0 Å². The summed E-state index contributed by atoms with van der Waals surface area (Å²) in [5, 5.41) is 2.89. The number of H-pyrrole nitrogens is 1. The molecule has 0 aliphatic heterocycles. The number of rotatable bonds is 6. The van der Waals surface area contributed by atoms with E-state index >= 15 is 0 Å². The van der Waals surface area contributed by atoms with Crippen molar-refractivity contribution in [3.63, 3.8) is 0 Å². The molecular formula is C18H20F2N4O2. The summed E-state index contributed by atoms with van der Waals surface area (Å²) in [7, 11) is 3.41. The van der Waals surface area contributed by atoms with Gasteiger partial charge in [0.25, 0.3) is 17.9 Å². The highest BCUT2D eigenvalue weighted by Gasteiger charge is 2.34. The molecule has 6 nitrogen and oxygen atoms in total. The zero-order chi connectivity index (χ0) is 18.8. The Kier molecular flexibility index (Phi) is 5.01. The van der Waals surface area contributed by atoms with Gasteiger partial charge in [-0.3, -0.25) is 14.6 Å². The number of carbonyl (C=O) groups excluding carboxylic acids is 1. The molecule has 1 aromatic heterocycles. The number of aromatic nitrogens is 2. The van der Waals surface area contributed by atoms with E-state index in [1.807, 2.05) is 0 Å². The lowest BCUT2D eigenvalue weighted by atomic mass is 10.0. The first-order valence-electron chi connectivity index (χ1n) is 8.32. The monoisotopic (exact) mass is 362 g/mol. The summed E-state index contributed by atoms with van der Waals surface area (Å²) in [5.41, 5.74) is 0.315. The zero-order valence-corrected chi connectivity index (χ0v) is 14.5. The SMILES string of the molecule is CN(C)c1nc(C(=O)NC(c2ccc(C(F)F)cc2)C2CC2)cc(=O)[nH]1. The normalized spacial score (nSPS) is 15.0. The lowest BCUT2D eigenvalue weighted by Crippen LogP contribution is -2.32. The molecule has 1 unspecified atom stereocenters. The standard InChI is InChI=1S/C18H20F2N4O2/c1-24(2)18-21-13(9-14(25)22-18)17(26)23-15(10-3-4-10)11-5-7-12(8-6-11)16(19)20/h5-10,15-16H,3-4H2,1-2H3,(H,23,26)(H,21,22,25). The van der Waals surface area contributed by atoms with Crippen molar-refractivity contribution in [2.24, 2.45) is 5.92 Å². The predicted molar refractivity (Wildman–Crippen MR) is 93.5 cm³/mol. The number of amides is 1. The molecule has 1 aliphatic carbocycles. The molecule has 1 aromatic carbocycles. The van der Waals surface area contributed by atoms with Gasteiger partial charge in [-0.1, -0.05) is 24.3 Å². The second-order valence-corrected chi connectivity index (χ2v) is 6.60. The van der Waals surface area contributed by atoms with Crippen LogP contribution in [0, 0.1) is 5.92 Å². The van der Waals surface area contributed by atoms with Gasteiger partial charge in [0, 0.05) is 25.7 Å². The van der Waals surface area contributed by atoms with Crippen molar-refractivity contribution in [1.29, 1.82) is 0 Å². The Labute approximate surface area is 149 Å². The summed E-state index contributed by atoms with van der Waals surface area (Å²) < 4.78 is 25.5. The van der Waals surface area contributed by atoms with E-state index in [1.165, 1.54) is 12.1 Å². The molecule has 1 aliphatic rings. The Bertz CT molecular complexity index is 845. The molecule has 3 rings (SSSR count). The molecule has 138 valence electrons. The number of carbonyl (C=O) groups is 1. The van der Waals surface area contributed by atoms with Gasteiger partial charge < -0.3 is 10.2 Å². The van der Waals surface area contributed by atoms with E-state index in [1.54, 1.807) is 31.1 Å². The minimum Gasteiger partial charge on any atom is -0.348 e. The van der Waals surface area contributed by atoms with Crippen LogP contribution < -0.4 is 15.8 Å². The minimum absolute atomic E-state index is 0.0206. The fraction of sp³-hybridized carbons (Fsp3) is 0.389. The number of anilines is 1. The van der Waals surface area contributed by atoms with Crippen LogP contribution in [0.4, 0.5) is 14.7 Å². The molecule has 1 saturated carbocycles. The molecule has 2 aromatic rings. The van der Waals surface area contributed by atoms with E-state index in [4.69, 9.17) is 0 Å². The van der Waals surface area contributed by atoms with Crippen LogP contribution in [0.25, 0.3) is 0 Å². The molecule has 8 heteroatoms. The second-order valence-electron chi connectivity index (χ2n) is 6.60. The van der Waals surface area contributed by atoms with Crippen molar-refractivity contribution in [3.05, 3.63) is 57.5 Å². The van der Waals surface area contributed by atoms with E-state index in [0.717, 1.165) is 24.5 Å². The van der Waals surface area contributed by atoms with Crippen molar-refractivity contribution in [2.45, 2.75) is 25.3 Å². The molecule has 0 saturated heterocycles. The van der Waals surface area contributed by atoms with E-state index in [0.29, 0.717) is 0 Å². The van der Waals surface area contributed by atoms with Crippen molar-refractivity contribution in [2.75, 3.05) is 19.0 Å². The van der Waals surface area contributed by atoms with Crippen molar-refractivity contribution in [1.82, 2.24) is 15.3 Å². The first-order chi connectivity index (χ1) is 12.3. The number of nitrogens with zero attached hydrogens (tertiary/aromatic N) is 2.